The van der Waals surface area contributed by atoms with E-state index in [0.29, 0.717) is 18.7 Å². The average Bonchev–Trinajstić information content (AvgIpc) is 3.48. The molecule has 8 nitrogen and oxygen atoms in total. The molecule has 9 heteroatoms. The molecule has 3 fully saturated rings. The van der Waals surface area contributed by atoms with E-state index in [1.54, 1.807) is 23.8 Å². The largest absolute Gasteiger partial charge is 0.353 e. The van der Waals surface area contributed by atoms with Gasteiger partial charge in [-0.3, -0.25) is 14.4 Å². The van der Waals surface area contributed by atoms with E-state index in [0.717, 1.165) is 56.9 Å². The van der Waals surface area contributed by atoms with Crippen LogP contribution in [0.25, 0.3) is 0 Å². The lowest BCUT2D eigenvalue weighted by Crippen LogP contribution is -2.58. The molecule has 4 heterocycles. The van der Waals surface area contributed by atoms with Crippen LogP contribution in [0.1, 0.15) is 31.2 Å². The van der Waals surface area contributed by atoms with Gasteiger partial charge in [0.15, 0.2) is 0 Å². The molecule has 0 N–H and O–H groups in total. The number of fused-ring (bicyclic) bond motifs is 1. The third kappa shape index (κ3) is 5.43. The number of imidazole rings is 1. The summed E-state index contributed by atoms with van der Waals surface area (Å²) in [5.41, 5.74) is 2.47. The zero-order chi connectivity index (χ0) is 24.4. The first-order chi connectivity index (χ1) is 16.9. The summed E-state index contributed by atoms with van der Waals surface area (Å²) in [4.78, 5) is 31.4. The number of aromatic nitrogens is 2. The van der Waals surface area contributed by atoms with Gasteiger partial charge in [-0.25, -0.2) is 9.78 Å². The fourth-order valence-electron chi connectivity index (χ4n) is 5.83. The molecule has 188 valence electrons. The molecule has 3 saturated heterocycles. The number of likely N-dealkylation sites (tertiary alicyclic amines) is 1. The van der Waals surface area contributed by atoms with Crippen molar-refractivity contribution in [1.29, 1.82) is 0 Å². The van der Waals surface area contributed by atoms with Gasteiger partial charge in [0.05, 0.1) is 12.1 Å². The third-order valence-electron chi connectivity index (χ3n) is 7.83. The third-order valence-corrected chi connectivity index (χ3v) is 11.1. The van der Waals surface area contributed by atoms with Gasteiger partial charge in [-0.2, -0.15) is 5.06 Å². The zero-order valence-electron chi connectivity index (χ0n) is 21.2. The van der Waals surface area contributed by atoms with Crippen molar-refractivity contribution >= 4 is 20.0 Å². The molecule has 2 aromatic rings. The van der Waals surface area contributed by atoms with Gasteiger partial charge in [-0.05, 0) is 57.4 Å². The highest BCUT2D eigenvalue weighted by molar-refractivity contribution is 6.79. The van der Waals surface area contributed by atoms with Crippen molar-refractivity contribution in [2.45, 2.75) is 69.6 Å². The van der Waals surface area contributed by atoms with Crippen LogP contribution in [0, 0.1) is 0 Å². The summed E-state index contributed by atoms with van der Waals surface area (Å²) < 4.78 is 4.21. The first kappa shape index (κ1) is 24.4. The minimum atomic E-state index is -1.66. The van der Waals surface area contributed by atoms with Crippen LogP contribution in [-0.4, -0.2) is 88.9 Å². The van der Waals surface area contributed by atoms with Gasteiger partial charge in [0.1, 0.15) is 21.2 Å². The van der Waals surface area contributed by atoms with Crippen LogP contribution >= 0.6 is 0 Å². The predicted molar refractivity (Wildman–Crippen MR) is 140 cm³/mol. The van der Waals surface area contributed by atoms with Gasteiger partial charge < -0.3 is 9.47 Å². The maximum atomic E-state index is 13.4. The van der Waals surface area contributed by atoms with E-state index in [2.05, 4.69) is 34.6 Å². The number of hydroxylamine groups is 2. The minimum absolute atomic E-state index is 0.000632. The van der Waals surface area contributed by atoms with Crippen LogP contribution in [0.15, 0.2) is 54.0 Å². The van der Waals surface area contributed by atoms with E-state index in [1.165, 1.54) is 10.3 Å². The van der Waals surface area contributed by atoms with Crippen LogP contribution in [0.3, 0.4) is 0 Å². The monoisotopic (exact) mass is 494 g/mol. The summed E-state index contributed by atoms with van der Waals surface area (Å²) >= 11 is 0. The van der Waals surface area contributed by atoms with E-state index in [9.17, 15) is 4.79 Å². The van der Waals surface area contributed by atoms with Gasteiger partial charge >= 0.3 is 6.03 Å². The van der Waals surface area contributed by atoms with Crippen molar-refractivity contribution in [3.8, 4) is 0 Å². The van der Waals surface area contributed by atoms with Gasteiger partial charge in [-0.1, -0.05) is 43.4 Å². The number of hydrogen-bond donors (Lipinski definition) is 0. The molecule has 0 aliphatic carbocycles. The topological polar surface area (TPSA) is 66.2 Å². The van der Waals surface area contributed by atoms with E-state index >= 15 is 0 Å². The molecule has 0 radical (unpaired) electrons. The number of benzene rings is 1. The van der Waals surface area contributed by atoms with Crippen molar-refractivity contribution in [2.75, 3.05) is 26.7 Å². The highest BCUT2D eigenvalue weighted by Crippen LogP contribution is 2.37. The lowest BCUT2D eigenvalue weighted by atomic mass is 9.97. The van der Waals surface area contributed by atoms with Crippen molar-refractivity contribution in [1.82, 2.24) is 24.1 Å². The summed E-state index contributed by atoms with van der Waals surface area (Å²) in [5, 5.41) is 1.61. The van der Waals surface area contributed by atoms with Crippen molar-refractivity contribution in [2.24, 2.45) is 4.99 Å². The SMILES string of the molecule is CN1CCC(N=C2C[Si](C)(C)N3C[C@H](N(OCc4ccccc4)C(=O)n4ccnc4)CC[C@@H]23)CC1. The summed E-state index contributed by atoms with van der Waals surface area (Å²) in [5.74, 6) is 0. The molecule has 2 atom stereocenters. The Hall–Kier alpha value is -2.33. The summed E-state index contributed by atoms with van der Waals surface area (Å²) in [7, 11) is 0.543. The number of rotatable bonds is 5. The predicted octanol–water partition coefficient (Wildman–Crippen LogP) is 3.87. The Morgan fingerprint density at radius 2 is 1.94 bits per heavy atom. The zero-order valence-corrected chi connectivity index (χ0v) is 22.2. The molecular formula is C26H38N6O2Si. The molecule has 1 aromatic heterocycles. The second-order valence-corrected chi connectivity index (χ2v) is 15.4. The molecule has 3 aliphatic rings. The average molecular weight is 495 g/mol. The normalized spacial score (nSPS) is 26.7. The number of hydrogen-bond acceptors (Lipinski definition) is 6. The molecule has 5 rings (SSSR count). The van der Waals surface area contributed by atoms with E-state index in [1.807, 2.05) is 30.3 Å². The number of carbonyl (C=O) groups is 1. The van der Waals surface area contributed by atoms with Crippen molar-refractivity contribution in [3.05, 3.63) is 54.6 Å². The standard InChI is InChI=1S/C26H38N6O2Si/c1-29-14-11-22(12-15-29)28-24-19-35(2,3)31-17-23(9-10-25(24)31)32(26(33)30-16-13-27-20-30)34-18-21-7-5-4-6-8-21/h4-8,13,16,20,22-23,25H,9-12,14-15,17-19H2,1-3H3/t23-,25+/m1/s1. The lowest BCUT2D eigenvalue weighted by molar-refractivity contribution is -0.162. The number of aliphatic imine (C=N–C) groups is 1. The van der Waals surface area contributed by atoms with Crippen molar-refractivity contribution in [3.63, 3.8) is 0 Å². The van der Waals surface area contributed by atoms with E-state index in [4.69, 9.17) is 9.83 Å². The van der Waals surface area contributed by atoms with E-state index in [-0.39, 0.29) is 12.1 Å². The Kier molecular flexibility index (Phi) is 7.20. The van der Waals surface area contributed by atoms with Crippen LogP contribution in [0.5, 0.6) is 0 Å². The number of amides is 1. The quantitative estimate of drug-likeness (QED) is 0.466. The van der Waals surface area contributed by atoms with Gasteiger partial charge in [0, 0.05) is 30.7 Å². The second kappa shape index (κ2) is 10.3. The lowest BCUT2D eigenvalue weighted by Gasteiger charge is -2.44. The number of carbonyl (C=O) groups excluding carboxylic acids is 1. The Balaban J connectivity index is 1.32. The second-order valence-electron chi connectivity index (χ2n) is 10.9. The number of nitrogens with zero attached hydrogens (tertiary/aromatic N) is 6. The molecule has 35 heavy (non-hydrogen) atoms. The number of piperidine rings is 2. The molecule has 1 amide bonds. The van der Waals surface area contributed by atoms with Crippen LogP contribution < -0.4 is 0 Å². The first-order valence-electron chi connectivity index (χ1n) is 12.9. The maximum Gasteiger partial charge on any atom is 0.353 e. The maximum absolute atomic E-state index is 13.4. The Labute approximate surface area is 209 Å². The molecule has 0 spiro atoms. The first-order valence-corrected chi connectivity index (χ1v) is 16.1. The van der Waals surface area contributed by atoms with E-state index < -0.39 is 8.24 Å². The summed E-state index contributed by atoms with van der Waals surface area (Å²) in [6, 6.07) is 11.9. The minimum Gasteiger partial charge on any atom is -0.314 e. The summed E-state index contributed by atoms with van der Waals surface area (Å²) in [6.45, 7) is 8.39. The van der Waals surface area contributed by atoms with Crippen LogP contribution in [0.2, 0.25) is 19.1 Å². The Morgan fingerprint density at radius 1 is 1.17 bits per heavy atom. The Morgan fingerprint density at radius 3 is 2.66 bits per heavy atom. The fraction of sp³-hybridized carbons (Fsp3) is 0.577. The summed E-state index contributed by atoms with van der Waals surface area (Å²) in [6.07, 6.45) is 9.13. The molecule has 0 saturated carbocycles. The van der Waals surface area contributed by atoms with Crippen LogP contribution in [0.4, 0.5) is 4.79 Å². The highest BCUT2D eigenvalue weighted by atomic mass is 28.3. The smallest absolute Gasteiger partial charge is 0.314 e. The van der Waals surface area contributed by atoms with Crippen molar-refractivity contribution < 1.29 is 9.63 Å². The van der Waals surface area contributed by atoms with Gasteiger partial charge in [0.25, 0.3) is 0 Å². The molecule has 0 bridgehead atoms. The fourth-order valence-corrected chi connectivity index (χ4v) is 9.08. The highest BCUT2D eigenvalue weighted by Gasteiger charge is 2.49. The molecule has 0 unspecified atom stereocenters. The molecular weight excluding hydrogens is 456 g/mol. The van der Waals surface area contributed by atoms with Crippen LogP contribution in [-0.2, 0) is 11.4 Å². The molecule has 1 aromatic carbocycles. The van der Waals surface area contributed by atoms with Gasteiger partial charge in [-0.15, -0.1) is 0 Å². The molecule has 3 aliphatic heterocycles. The van der Waals surface area contributed by atoms with Gasteiger partial charge in [0.2, 0.25) is 0 Å². The Bertz CT molecular complexity index is 1020.